The molecule has 9 nitrogen and oxygen atoms in total. The minimum atomic E-state index is -0.383. The van der Waals surface area contributed by atoms with E-state index in [-0.39, 0.29) is 24.1 Å². The zero-order chi connectivity index (χ0) is 24.8. The number of rotatable bonds is 6. The molecule has 2 atom stereocenters. The van der Waals surface area contributed by atoms with Crippen molar-refractivity contribution < 1.29 is 9.18 Å². The first-order valence-corrected chi connectivity index (χ1v) is 12.3. The van der Waals surface area contributed by atoms with Gasteiger partial charge in [0.05, 0.1) is 18.0 Å². The topological polar surface area (TPSA) is 101 Å². The molecule has 186 valence electrons. The molecule has 0 saturated carbocycles. The second kappa shape index (κ2) is 11.4. The second-order valence-electron chi connectivity index (χ2n) is 9.59. The van der Waals surface area contributed by atoms with Gasteiger partial charge in [0.1, 0.15) is 6.07 Å². The van der Waals surface area contributed by atoms with E-state index in [1.165, 1.54) is 18.6 Å². The molecule has 2 saturated heterocycles. The Morgan fingerprint density at radius 1 is 1.17 bits per heavy atom. The van der Waals surface area contributed by atoms with Crippen LogP contribution in [0.15, 0.2) is 30.7 Å². The maximum atomic E-state index is 13.8. The van der Waals surface area contributed by atoms with E-state index in [1.807, 2.05) is 24.8 Å². The van der Waals surface area contributed by atoms with E-state index in [4.69, 9.17) is 5.26 Å². The number of anilines is 1. The van der Waals surface area contributed by atoms with Gasteiger partial charge in [0.25, 0.3) is 0 Å². The van der Waals surface area contributed by atoms with Crippen LogP contribution in [0.25, 0.3) is 0 Å². The van der Waals surface area contributed by atoms with Crippen molar-refractivity contribution in [1.82, 2.24) is 30.1 Å². The van der Waals surface area contributed by atoms with Crippen molar-refractivity contribution in [2.45, 2.75) is 51.7 Å². The minimum absolute atomic E-state index is 0.00843. The molecule has 2 aliphatic rings. The molecule has 1 N–H and O–H groups in total. The highest BCUT2D eigenvalue weighted by molar-refractivity contribution is 5.75. The van der Waals surface area contributed by atoms with Crippen LogP contribution in [0.3, 0.4) is 0 Å². The number of halogens is 1. The third kappa shape index (κ3) is 6.22. The van der Waals surface area contributed by atoms with Gasteiger partial charge in [0.2, 0.25) is 11.9 Å². The highest BCUT2D eigenvalue weighted by Crippen LogP contribution is 2.23. The van der Waals surface area contributed by atoms with Gasteiger partial charge >= 0.3 is 6.03 Å². The predicted molar refractivity (Wildman–Crippen MR) is 130 cm³/mol. The molecular formula is C25H33FN8O. The Labute approximate surface area is 206 Å². The first kappa shape index (κ1) is 24.8. The van der Waals surface area contributed by atoms with Crippen LogP contribution in [0, 0.1) is 23.2 Å². The van der Waals surface area contributed by atoms with Crippen LogP contribution in [0.5, 0.6) is 0 Å². The largest absolute Gasteiger partial charge is 0.338 e. The van der Waals surface area contributed by atoms with Crippen molar-refractivity contribution in [3.63, 3.8) is 0 Å². The molecule has 0 spiro atoms. The van der Waals surface area contributed by atoms with Crippen molar-refractivity contribution >= 4 is 12.0 Å². The summed E-state index contributed by atoms with van der Waals surface area (Å²) in [5, 5.41) is 12.1. The van der Waals surface area contributed by atoms with Gasteiger partial charge in [-0.2, -0.15) is 9.65 Å². The number of urea groups is 1. The number of amides is 2. The van der Waals surface area contributed by atoms with E-state index < -0.39 is 0 Å². The highest BCUT2D eigenvalue weighted by atomic mass is 19.1. The monoisotopic (exact) mass is 480 g/mol. The van der Waals surface area contributed by atoms with Gasteiger partial charge in [0.15, 0.2) is 0 Å². The summed E-state index contributed by atoms with van der Waals surface area (Å²) >= 11 is 0. The Kier molecular flexibility index (Phi) is 8.08. The van der Waals surface area contributed by atoms with E-state index in [9.17, 15) is 9.18 Å². The highest BCUT2D eigenvalue weighted by Gasteiger charge is 2.34. The number of piperidine rings is 1. The van der Waals surface area contributed by atoms with Gasteiger partial charge in [-0.25, -0.2) is 19.7 Å². The number of aromatic nitrogens is 3. The van der Waals surface area contributed by atoms with Crippen LogP contribution in [0.1, 0.15) is 44.2 Å². The van der Waals surface area contributed by atoms with Gasteiger partial charge in [-0.05, 0) is 58.2 Å². The number of carbonyl (C=O) groups excluding carboxylic acids is 1. The summed E-state index contributed by atoms with van der Waals surface area (Å²) in [6.45, 7) is 8.46. The molecule has 2 aromatic heterocycles. The fraction of sp³-hybridized carbons (Fsp3) is 0.560. The van der Waals surface area contributed by atoms with Gasteiger partial charge in [0, 0.05) is 50.0 Å². The molecule has 0 unspecified atom stereocenters. The molecule has 0 bridgehead atoms. The van der Waals surface area contributed by atoms with Crippen LogP contribution >= 0.6 is 0 Å². The quantitative estimate of drug-likeness (QED) is 0.635. The number of nitrogens with one attached hydrogen (secondary N) is 1. The number of likely N-dealkylation sites (tertiary alicyclic amines) is 1. The Hall–Kier alpha value is -3.32. The number of nitrogens with zero attached hydrogens (tertiary/aromatic N) is 7. The Balaban J connectivity index is 1.19. The molecule has 2 fully saturated rings. The van der Waals surface area contributed by atoms with Crippen LogP contribution in [0.2, 0.25) is 0 Å². The third-order valence-corrected chi connectivity index (χ3v) is 6.97. The molecule has 0 radical (unpaired) electrons. The molecule has 2 aliphatic heterocycles. The van der Waals surface area contributed by atoms with Crippen molar-refractivity contribution in [3.05, 3.63) is 47.8 Å². The lowest BCUT2D eigenvalue weighted by Crippen LogP contribution is -2.61. The predicted octanol–water partition coefficient (Wildman–Crippen LogP) is 2.79. The fourth-order valence-corrected chi connectivity index (χ4v) is 5.11. The minimum Gasteiger partial charge on any atom is -0.338 e. The SMILES string of the molecule is C[C@@H]1CN(c2ncc(C#N)cn2)C[C@H](C)N1C(=O)NCCC1CCN(Cc2cccnc2F)CC1. The van der Waals surface area contributed by atoms with E-state index in [0.717, 1.165) is 32.4 Å². The third-order valence-electron chi connectivity index (χ3n) is 6.97. The van der Waals surface area contributed by atoms with Crippen LogP contribution in [-0.4, -0.2) is 75.6 Å². The number of carbonyl (C=O) groups is 1. The molecular weight excluding hydrogens is 447 g/mol. The first-order chi connectivity index (χ1) is 16.9. The van der Waals surface area contributed by atoms with Crippen molar-refractivity contribution in [3.8, 4) is 6.07 Å². The van der Waals surface area contributed by atoms with Crippen molar-refractivity contribution in [2.75, 3.05) is 37.6 Å². The molecule has 10 heteroatoms. The van der Waals surface area contributed by atoms with Crippen molar-refractivity contribution in [1.29, 1.82) is 5.26 Å². The summed E-state index contributed by atoms with van der Waals surface area (Å²) in [5.41, 5.74) is 1.08. The molecule has 4 heterocycles. The van der Waals surface area contributed by atoms with Gasteiger partial charge in [-0.1, -0.05) is 6.07 Å². The maximum Gasteiger partial charge on any atom is 0.318 e. The average molecular weight is 481 g/mol. The number of piperazine rings is 1. The van der Waals surface area contributed by atoms with E-state index in [0.29, 0.717) is 49.2 Å². The number of hydrogen-bond donors (Lipinski definition) is 1. The fourth-order valence-electron chi connectivity index (χ4n) is 5.11. The summed E-state index contributed by atoms with van der Waals surface area (Å²) in [6.07, 6.45) is 7.58. The van der Waals surface area contributed by atoms with Crippen molar-refractivity contribution in [2.24, 2.45) is 5.92 Å². The smallest absolute Gasteiger partial charge is 0.318 e. The standard InChI is InChI=1S/C25H33FN8O/c1-18-15-33(24-30-13-21(12-27)14-31-24)16-19(2)34(18)25(35)29-9-5-20-6-10-32(11-7-20)17-22-4-3-8-28-23(22)26/h3-4,8,13-14,18-20H,5-7,9-11,15-17H2,1-2H3,(H,29,35)/t18-,19+. The molecule has 2 amide bonds. The lowest BCUT2D eigenvalue weighted by Gasteiger charge is -2.44. The van der Waals surface area contributed by atoms with Crippen LogP contribution in [-0.2, 0) is 6.54 Å². The second-order valence-corrected chi connectivity index (χ2v) is 9.59. The van der Waals surface area contributed by atoms with Gasteiger partial charge in [-0.3, -0.25) is 4.90 Å². The summed E-state index contributed by atoms with van der Waals surface area (Å²) in [5.74, 6) is 0.761. The van der Waals surface area contributed by atoms with E-state index >= 15 is 0 Å². The Morgan fingerprint density at radius 2 is 1.86 bits per heavy atom. The molecule has 4 rings (SSSR count). The Morgan fingerprint density at radius 3 is 2.49 bits per heavy atom. The lowest BCUT2D eigenvalue weighted by molar-refractivity contribution is 0.139. The normalized spacial score (nSPS) is 21.5. The average Bonchev–Trinajstić information content (AvgIpc) is 2.86. The number of nitriles is 1. The molecule has 0 aliphatic carbocycles. The first-order valence-electron chi connectivity index (χ1n) is 12.3. The zero-order valence-electron chi connectivity index (χ0n) is 20.4. The summed E-state index contributed by atoms with van der Waals surface area (Å²) in [7, 11) is 0. The lowest BCUT2D eigenvalue weighted by atomic mass is 9.93. The molecule has 2 aromatic rings. The van der Waals surface area contributed by atoms with Gasteiger partial charge < -0.3 is 15.1 Å². The van der Waals surface area contributed by atoms with E-state index in [2.05, 4.69) is 30.1 Å². The molecule has 0 aromatic carbocycles. The number of hydrogen-bond acceptors (Lipinski definition) is 7. The van der Waals surface area contributed by atoms with Crippen LogP contribution in [0.4, 0.5) is 15.1 Å². The molecule has 35 heavy (non-hydrogen) atoms. The summed E-state index contributed by atoms with van der Waals surface area (Å²) < 4.78 is 13.8. The zero-order valence-corrected chi connectivity index (χ0v) is 20.4. The maximum absolute atomic E-state index is 13.8. The van der Waals surface area contributed by atoms with E-state index in [1.54, 1.807) is 12.1 Å². The number of pyridine rings is 1. The van der Waals surface area contributed by atoms with Crippen LogP contribution < -0.4 is 10.2 Å². The summed E-state index contributed by atoms with van der Waals surface area (Å²) in [4.78, 5) is 31.5. The Bertz CT molecular complexity index is 1020. The summed E-state index contributed by atoms with van der Waals surface area (Å²) in [6, 6.07) is 5.58. The van der Waals surface area contributed by atoms with Gasteiger partial charge in [-0.15, -0.1) is 0 Å².